The predicted octanol–water partition coefficient (Wildman–Crippen LogP) is 4.63. The van der Waals surface area contributed by atoms with Gasteiger partial charge < -0.3 is 15.2 Å². The van der Waals surface area contributed by atoms with Crippen molar-refractivity contribution >= 4 is 33.5 Å². The van der Waals surface area contributed by atoms with Crippen LogP contribution < -0.4 is 14.8 Å². The van der Waals surface area contributed by atoms with Crippen LogP contribution in [0.15, 0.2) is 48.5 Å². The molecule has 10 heteroatoms. The largest absolute Gasteiger partial charge is 0.478 e. The van der Waals surface area contributed by atoms with Gasteiger partial charge in [0.25, 0.3) is 5.91 Å². The van der Waals surface area contributed by atoms with E-state index in [1.54, 1.807) is 50.2 Å². The Morgan fingerprint density at radius 2 is 1.64 bits per heavy atom. The SMILES string of the molecule is CC(C)(Oc1ccc(Cl)cc1)C(=O)NC1C2CC3CC1CC(CS(=O)(=O)NCc1ccc(C(=O)O)cc1)(C3)C2. The minimum Gasteiger partial charge on any atom is -0.478 e. The van der Waals surface area contributed by atoms with Gasteiger partial charge in [-0.05, 0) is 111 Å². The van der Waals surface area contributed by atoms with E-state index in [1.165, 1.54) is 12.1 Å². The zero-order valence-electron chi connectivity index (χ0n) is 22.2. The molecule has 2 atom stereocenters. The smallest absolute Gasteiger partial charge is 0.335 e. The van der Waals surface area contributed by atoms with Crippen LogP contribution >= 0.6 is 11.6 Å². The molecule has 2 aromatic rings. The average molecular weight is 575 g/mol. The van der Waals surface area contributed by atoms with Gasteiger partial charge in [0.1, 0.15) is 5.75 Å². The molecule has 4 saturated carbocycles. The predicted molar refractivity (Wildman–Crippen MR) is 148 cm³/mol. The van der Waals surface area contributed by atoms with Crippen LogP contribution in [0, 0.1) is 23.2 Å². The number of hydrogen-bond acceptors (Lipinski definition) is 5. The molecular formula is C29H35ClN2O6S. The monoisotopic (exact) mass is 574 g/mol. The lowest BCUT2D eigenvalue weighted by atomic mass is 9.48. The number of amides is 1. The van der Waals surface area contributed by atoms with E-state index < -0.39 is 21.6 Å². The first kappa shape index (κ1) is 27.9. The van der Waals surface area contributed by atoms with Gasteiger partial charge >= 0.3 is 5.97 Å². The fraction of sp³-hybridized carbons (Fsp3) is 0.517. The Kier molecular flexibility index (Phi) is 7.45. The zero-order valence-corrected chi connectivity index (χ0v) is 23.7. The highest BCUT2D eigenvalue weighted by Gasteiger charge is 2.57. The van der Waals surface area contributed by atoms with E-state index in [0.717, 1.165) is 32.1 Å². The second kappa shape index (κ2) is 10.4. The highest BCUT2D eigenvalue weighted by atomic mass is 35.5. The Balaban J connectivity index is 1.20. The fourth-order valence-electron chi connectivity index (χ4n) is 7.19. The van der Waals surface area contributed by atoms with E-state index in [1.807, 2.05) is 0 Å². The molecule has 8 nitrogen and oxygen atoms in total. The van der Waals surface area contributed by atoms with Crippen LogP contribution in [0.25, 0.3) is 0 Å². The number of benzene rings is 2. The standard InChI is InChI=1S/C29H35ClN2O6S/c1-28(2,38-24-9-7-23(30)8-10-24)27(35)32-25-21-11-19-12-22(25)15-29(13-19,14-21)17-39(36,37)31-16-18-3-5-20(6-4-18)26(33)34/h3-10,19,21-22,25,31H,11-17H2,1-2H3,(H,32,35)(H,33,34). The van der Waals surface area contributed by atoms with Crippen molar-refractivity contribution in [1.82, 2.24) is 10.0 Å². The summed E-state index contributed by atoms with van der Waals surface area (Å²) in [5.74, 6) is 0.411. The Labute approximate surface area is 234 Å². The fourth-order valence-corrected chi connectivity index (χ4v) is 8.96. The van der Waals surface area contributed by atoms with E-state index in [4.69, 9.17) is 21.4 Å². The molecule has 4 aliphatic carbocycles. The Bertz CT molecular complexity index is 1330. The summed E-state index contributed by atoms with van der Waals surface area (Å²) in [6.07, 6.45) is 4.46. The summed E-state index contributed by atoms with van der Waals surface area (Å²) < 4.78 is 35.0. The molecule has 0 aliphatic heterocycles. The maximum atomic E-state index is 13.3. The minimum atomic E-state index is -3.55. The van der Waals surface area contributed by atoms with Gasteiger partial charge in [0, 0.05) is 17.6 Å². The van der Waals surface area contributed by atoms with E-state index >= 15 is 0 Å². The van der Waals surface area contributed by atoms with E-state index in [0.29, 0.717) is 22.3 Å². The zero-order chi connectivity index (χ0) is 28.0. The highest BCUT2D eigenvalue weighted by Crippen LogP contribution is 2.60. The maximum absolute atomic E-state index is 13.3. The minimum absolute atomic E-state index is 0.0127. The summed E-state index contributed by atoms with van der Waals surface area (Å²) in [7, 11) is -3.55. The molecule has 4 aliphatic rings. The number of hydrogen-bond donors (Lipinski definition) is 3. The first-order valence-electron chi connectivity index (χ1n) is 13.4. The second-order valence-corrected chi connectivity index (χ2v) is 14.4. The van der Waals surface area contributed by atoms with Crippen LogP contribution in [-0.4, -0.2) is 42.8 Å². The van der Waals surface area contributed by atoms with Crippen molar-refractivity contribution in [1.29, 1.82) is 0 Å². The Hall–Kier alpha value is -2.62. The molecule has 39 heavy (non-hydrogen) atoms. The third-order valence-corrected chi connectivity index (χ3v) is 10.5. The lowest BCUT2D eigenvalue weighted by Gasteiger charge is -2.60. The maximum Gasteiger partial charge on any atom is 0.335 e. The molecular weight excluding hydrogens is 540 g/mol. The number of carbonyl (C=O) groups is 2. The van der Waals surface area contributed by atoms with Crippen LogP contribution in [0.5, 0.6) is 5.75 Å². The number of rotatable bonds is 10. The van der Waals surface area contributed by atoms with E-state index in [-0.39, 0.29) is 47.1 Å². The third kappa shape index (κ3) is 6.26. The molecule has 0 spiro atoms. The molecule has 0 heterocycles. The number of sulfonamides is 1. The van der Waals surface area contributed by atoms with Gasteiger partial charge in [-0.1, -0.05) is 23.7 Å². The summed E-state index contributed by atoms with van der Waals surface area (Å²) in [5, 5.41) is 12.9. The van der Waals surface area contributed by atoms with E-state index in [9.17, 15) is 18.0 Å². The second-order valence-electron chi connectivity index (χ2n) is 12.1. The normalized spacial score (nSPS) is 27.8. The summed E-state index contributed by atoms with van der Waals surface area (Å²) in [4.78, 5) is 24.4. The first-order chi connectivity index (χ1) is 18.3. The van der Waals surface area contributed by atoms with Gasteiger partial charge in [0.2, 0.25) is 10.0 Å². The van der Waals surface area contributed by atoms with Crippen molar-refractivity contribution in [2.75, 3.05) is 5.75 Å². The molecule has 0 aromatic heterocycles. The van der Waals surface area contributed by atoms with Gasteiger partial charge in [-0.25, -0.2) is 17.9 Å². The number of carbonyl (C=O) groups excluding carboxylic acids is 1. The summed E-state index contributed by atoms with van der Waals surface area (Å²) in [5.41, 5.74) is -0.487. The number of nitrogens with one attached hydrogen (secondary N) is 2. The number of halogens is 1. The van der Waals surface area contributed by atoms with Gasteiger partial charge in [-0.2, -0.15) is 0 Å². The lowest BCUT2D eigenvalue weighted by Crippen LogP contribution is -2.63. The molecule has 0 radical (unpaired) electrons. The number of carboxylic acids is 1. The number of carboxylic acid groups (broad SMARTS) is 1. The van der Waals surface area contributed by atoms with Crippen molar-refractivity contribution in [2.45, 2.75) is 64.1 Å². The summed E-state index contributed by atoms with van der Waals surface area (Å²) in [6.45, 7) is 3.62. The van der Waals surface area contributed by atoms with Crippen LogP contribution in [0.3, 0.4) is 0 Å². The quantitative estimate of drug-likeness (QED) is 0.380. The van der Waals surface area contributed by atoms with Crippen LogP contribution in [0.2, 0.25) is 5.02 Å². The molecule has 4 bridgehead atoms. The Morgan fingerprint density at radius 1 is 1.03 bits per heavy atom. The summed E-state index contributed by atoms with van der Waals surface area (Å²) >= 11 is 5.96. The molecule has 2 unspecified atom stereocenters. The van der Waals surface area contributed by atoms with Gasteiger partial charge in [-0.15, -0.1) is 0 Å². The molecule has 210 valence electrons. The van der Waals surface area contributed by atoms with Gasteiger partial charge in [-0.3, -0.25) is 4.79 Å². The van der Waals surface area contributed by atoms with Crippen LogP contribution in [0.1, 0.15) is 61.9 Å². The van der Waals surface area contributed by atoms with Crippen molar-refractivity contribution in [3.63, 3.8) is 0 Å². The van der Waals surface area contributed by atoms with Crippen molar-refractivity contribution in [3.8, 4) is 5.75 Å². The first-order valence-corrected chi connectivity index (χ1v) is 15.4. The van der Waals surface area contributed by atoms with Crippen molar-refractivity contribution in [2.24, 2.45) is 23.2 Å². The Morgan fingerprint density at radius 3 is 2.23 bits per heavy atom. The molecule has 1 amide bonds. The molecule has 3 N–H and O–H groups in total. The summed E-state index contributed by atoms with van der Waals surface area (Å²) in [6, 6.07) is 13.1. The van der Waals surface area contributed by atoms with Crippen molar-refractivity contribution < 1.29 is 27.9 Å². The van der Waals surface area contributed by atoms with E-state index in [2.05, 4.69) is 10.0 Å². The van der Waals surface area contributed by atoms with Gasteiger partial charge in [0.05, 0.1) is 11.3 Å². The van der Waals surface area contributed by atoms with Crippen LogP contribution in [-0.2, 0) is 21.4 Å². The van der Waals surface area contributed by atoms with Crippen molar-refractivity contribution in [3.05, 3.63) is 64.7 Å². The average Bonchev–Trinajstić information content (AvgIpc) is 2.85. The van der Waals surface area contributed by atoms with Crippen LogP contribution in [0.4, 0.5) is 0 Å². The van der Waals surface area contributed by atoms with Gasteiger partial charge in [0.15, 0.2) is 5.60 Å². The number of aromatic carboxylic acids is 1. The molecule has 2 aromatic carbocycles. The molecule has 4 fully saturated rings. The molecule has 6 rings (SSSR count). The number of ether oxygens (including phenoxy) is 1. The molecule has 0 saturated heterocycles. The topological polar surface area (TPSA) is 122 Å². The highest BCUT2D eigenvalue weighted by molar-refractivity contribution is 7.89. The third-order valence-electron chi connectivity index (χ3n) is 8.62. The lowest BCUT2D eigenvalue weighted by molar-refractivity contribution is -0.140.